The van der Waals surface area contributed by atoms with Crippen LogP contribution in [0.15, 0.2) is 79.0 Å². The van der Waals surface area contributed by atoms with Gasteiger partial charge < -0.3 is 45.4 Å². The number of rotatable bonds is 20. The van der Waals surface area contributed by atoms with E-state index in [1.165, 1.54) is 12.1 Å². The number of methoxy groups -OCH3 is 2. The van der Waals surface area contributed by atoms with Gasteiger partial charge in [-0.3, -0.25) is 20.0 Å². The summed E-state index contributed by atoms with van der Waals surface area (Å²) in [6.45, 7) is 17.1. The van der Waals surface area contributed by atoms with Crippen molar-refractivity contribution in [3.63, 3.8) is 0 Å². The molecular weight excluding hydrogens is 851 g/mol. The van der Waals surface area contributed by atoms with Crippen molar-refractivity contribution in [1.29, 1.82) is 0 Å². The van der Waals surface area contributed by atoms with E-state index in [4.69, 9.17) is 29.4 Å². The first kappa shape index (κ1) is 54.1. The van der Waals surface area contributed by atoms with Crippen LogP contribution in [0.3, 0.4) is 0 Å². The number of nitrogens with one attached hydrogen (secondary N) is 4. The Hall–Kier alpha value is -6.27. The quantitative estimate of drug-likeness (QED) is 0.0385. The third-order valence-corrected chi connectivity index (χ3v) is 10.4. The highest BCUT2D eigenvalue weighted by atomic mass is 16.7. The van der Waals surface area contributed by atoms with Crippen LogP contribution in [0, 0.1) is 22.7 Å². The average molecular weight is 920 g/mol. The second-order valence-corrected chi connectivity index (χ2v) is 18.8. The highest BCUT2D eigenvalue weighted by Gasteiger charge is 2.40. The fourth-order valence-corrected chi connectivity index (χ4v) is 6.44. The fraction of sp³-hybridized carbons (Fsp3) is 0.521. The van der Waals surface area contributed by atoms with E-state index in [-0.39, 0.29) is 25.4 Å². The van der Waals surface area contributed by atoms with Crippen molar-refractivity contribution >= 4 is 36.1 Å². The van der Waals surface area contributed by atoms with Crippen molar-refractivity contribution in [1.82, 2.24) is 31.4 Å². The van der Waals surface area contributed by atoms with Gasteiger partial charge in [0.15, 0.2) is 0 Å². The summed E-state index contributed by atoms with van der Waals surface area (Å²) in [4.78, 5) is 85.3. The van der Waals surface area contributed by atoms with Crippen LogP contribution in [-0.2, 0) is 51.0 Å². The predicted octanol–water partition coefficient (Wildman–Crippen LogP) is 5.88. The van der Waals surface area contributed by atoms with Crippen molar-refractivity contribution in [2.24, 2.45) is 28.4 Å². The summed E-state index contributed by atoms with van der Waals surface area (Å²) in [5, 5.41) is 9.53. The van der Waals surface area contributed by atoms with E-state index in [9.17, 15) is 28.8 Å². The molecule has 6 atom stereocenters. The number of nitrogens with zero attached hydrogens (tertiary/aromatic N) is 2. The molecule has 3 aromatic rings. The van der Waals surface area contributed by atoms with E-state index in [1.54, 1.807) is 87.6 Å². The SMILES string of the molecule is COC(=O)N[C@H](C(=O)NN(Cc1ccc(-c2ccccn2)cc1)C[C@H](OC(=O)[C@@H](NC(=O)OC)C(C)(C)C)[C@H](Cc1ccccc1)NC(=O)OC(OC(=O)[C@@H](N)C(C)C)C(C)C)C(C)(C)C. The Bertz CT molecular complexity index is 2040. The summed E-state index contributed by atoms with van der Waals surface area (Å²) in [5.74, 6) is -3.02. The number of nitrogens with two attached hydrogens (primary N) is 1. The third kappa shape index (κ3) is 17.3. The number of pyridine rings is 1. The summed E-state index contributed by atoms with van der Waals surface area (Å²) in [5.41, 5.74) is 10.3. The highest BCUT2D eigenvalue weighted by molar-refractivity contribution is 5.86. The first-order valence-corrected chi connectivity index (χ1v) is 21.9. The van der Waals surface area contributed by atoms with E-state index in [0.717, 1.165) is 23.9 Å². The molecule has 0 saturated heterocycles. The van der Waals surface area contributed by atoms with Crippen LogP contribution in [0.5, 0.6) is 0 Å². The predicted molar refractivity (Wildman–Crippen MR) is 247 cm³/mol. The molecule has 18 nitrogen and oxygen atoms in total. The first-order chi connectivity index (χ1) is 30.9. The number of amides is 4. The smallest absolute Gasteiger partial charge is 0.410 e. The maximum absolute atomic E-state index is 14.5. The van der Waals surface area contributed by atoms with Crippen LogP contribution in [0.25, 0.3) is 11.3 Å². The summed E-state index contributed by atoms with van der Waals surface area (Å²) >= 11 is 0. The van der Waals surface area contributed by atoms with Crippen molar-refractivity contribution in [3.8, 4) is 11.3 Å². The topological polar surface area (TPSA) is 239 Å². The molecular formula is C48H69N7O11. The van der Waals surface area contributed by atoms with Crippen molar-refractivity contribution in [2.45, 2.75) is 119 Å². The Balaban J connectivity index is 2.21. The van der Waals surface area contributed by atoms with Gasteiger partial charge >= 0.3 is 30.2 Å². The molecule has 1 heterocycles. The lowest BCUT2D eigenvalue weighted by atomic mass is 9.86. The lowest BCUT2D eigenvalue weighted by molar-refractivity contribution is -0.178. The van der Waals surface area contributed by atoms with Crippen LogP contribution in [0.2, 0.25) is 0 Å². The van der Waals surface area contributed by atoms with Gasteiger partial charge in [0.2, 0.25) is 0 Å². The standard InChI is InChI=1S/C48H69N7O11/c1-29(2)37(49)41(57)65-43(30(3)4)66-46(61)51-35(26-31-18-14-13-15-19-31)36(64-42(58)39(48(8,9)10)53-45(60)63-12)28-55(54-40(56)38(47(5,6)7)52-44(59)62-11)27-32-21-23-33(24-22-32)34-20-16-17-25-50-34/h13-25,29-30,35-39,43H,26-28,49H2,1-12H3,(H,51,61)(H,52,59)(H,53,60)(H,54,56)/t35-,36-,37-,38+,39+,43?/m0/s1. The Morgan fingerprint density at radius 3 is 1.74 bits per heavy atom. The van der Waals surface area contributed by atoms with Gasteiger partial charge in [-0.05, 0) is 46.4 Å². The number of hydrazine groups is 1. The fourth-order valence-electron chi connectivity index (χ4n) is 6.44. The highest BCUT2D eigenvalue weighted by Crippen LogP contribution is 2.25. The Morgan fingerprint density at radius 1 is 0.652 bits per heavy atom. The summed E-state index contributed by atoms with van der Waals surface area (Å²) in [7, 11) is 2.35. The molecule has 0 aliphatic rings. The second kappa shape index (κ2) is 24.9. The van der Waals surface area contributed by atoms with Crippen LogP contribution < -0.4 is 27.1 Å². The molecule has 6 N–H and O–H groups in total. The minimum Gasteiger partial charge on any atom is -0.457 e. The maximum Gasteiger partial charge on any atom is 0.410 e. The molecule has 1 aromatic heterocycles. The maximum atomic E-state index is 14.5. The molecule has 4 amide bonds. The van der Waals surface area contributed by atoms with Gasteiger partial charge in [0, 0.05) is 24.2 Å². The summed E-state index contributed by atoms with van der Waals surface area (Å²) < 4.78 is 27.3. The van der Waals surface area contributed by atoms with E-state index < -0.39 is 89.4 Å². The first-order valence-electron chi connectivity index (χ1n) is 21.9. The van der Waals surface area contributed by atoms with Gasteiger partial charge in [0.05, 0.1) is 32.5 Å². The van der Waals surface area contributed by atoms with Crippen LogP contribution in [0.1, 0.15) is 80.4 Å². The van der Waals surface area contributed by atoms with Gasteiger partial charge in [-0.1, -0.05) is 130 Å². The molecule has 66 heavy (non-hydrogen) atoms. The molecule has 0 radical (unpaired) electrons. The zero-order chi connectivity index (χ0) is 49.4. The molecule has 18 heteroatoms. The lowest BCUT2D eigenvalue weighted by Crippen LogP contribution is -2.60. The minimum atomic E-state index is -1.35. The normalized spacial score (nSPS) is 14.4. The van der Waals surface area contributed by atoms with Gasteiger partial charge in [0.25, 0.3) is 12.2 Å². The number of ether oxygens (including phenoxy) is 5. The number of hydrogen-bond donors (Lipinski definition) is 5. The van der Waals surface area contributed by atoms with E-state index in [1.807, 2.05) is 60.7 Å². The monoisotopic (exact) mass is 920 g/mol. The van der Waals surface area contributed by atoms with Crippen molar-refractivity contribution in [3.05, 3.63) is 90.1 Å². The van der Waals surface area contributed by atoms with Gasteiger partial charge in [0.1, 0.15) is 24.2 Å². The summed E-state index contributed by atoms with van der Waals surface area (Å²) in [6, 6.07) is 17.6. The molecule has 2 aromatic carbocycles. The number of carbonyl (C=O) groups is 6. The van der Waals surface area contributed by atoms with Crippen LogP contribution >= 0.6 is 0 Å². The molecule has 0 fully saturated rings. The zero-order valence-electron chi connectivity index (χ0n) is 40.2. The molecule has 1 unspecified atom stereocenters. The van der Waals surface area contributed by atoms with Crippen LogP contribution in [0.4, 0.5) is 14.4 Å². The number of aromatic nitrogens is 1. The number of alkyl carbamates (subject to hydrolysis) is 3. The van der Waals surface area contributed by atoms with Gasteiger partial charge in [-0.25, -0.2) is 24.2 Å². The number of esters is 2. The van der Waals surface area contributed by atoms with Crippen molar-refractivity contribution in [2.75, 3.05) is 20.8 Å². The van der Waals surface area contributed by atoms with Crippen LogP contribution in [-0.4, -0.2) is 103 Å². The van der Waals surface area contributed by atoms with E-state index in [2.05, 4.69) is 26.4 Å². The Kier molecular flexibility index (Phi) is 20.4. The molecule has 0 aliphatic heterocycles. The molecule has 0 aliphatic carbocycles. The Labute approximate surface area is 388 Å². The molecule has 0 spiro atoms. The number of carbonyl (C=O) groups excluding carboxylic acids is 6. The van der Waals surface area contributed by atoms with Gasteiger partial charge in [-0.2, -0.15) is 0 Å². The van der Waals surface area contributed by atoms with E-state index >= 15 is 0 Å². The van der Waals surface area contributed by atoms with Crippen molar-refractivity contribution < 1.29 is 52.5 Å². The Morgan fingerprint density at radius 2 is 1.23 bits per heavy atom. The number of benzene rings is 2. The van der Waals surface area contributed by atoms with Gasteiger partial charge in [-0.15, -0.1) is 0 Å². The van der Waals surface area contributed by atoms with E-state index in [0.29, 0.717) is 5.56 Å². The second-order valence-electron chi connectivity index (χ2n) is 18.8. The molecule has 0 bridgehead atoms. The molecule has 3 rings (SSSR count). The zero-order valence-corrected chi connectivity index (χ0v) is 40.2. The number of hydrogen-bond acceptors (Lipinski definition) is 14. The molecule has 362 valence electrons. The molecule has 0 saturated carbocycles. The summed E-state index contributed by atoms with van der Waals surface area (Å²) in [6.07, 6.45) is -3.66. The lowest BCUT2D eigenvalue weighted by Gasteiger charge is -2.37. The average Bonchev–Trinajstić information content (AvgIpc) is 3.25. The largest absolute Gasteiger partial charge is 0.457 e. The third-order valence-electron chi connectivity index (χ3n) is 10.4. The minimum absolute atomic E-state index is 0.0183.